The summed E-state index contributed by atoms with van der Waals surface area (Å²) < 4.78 is 0. The van der Waals surface area contributed by atoms with E-state index in [0.717, 1.165) is 71.3 Å². The number of nitro benzene ring substituents is 1. The molecule has 1 saturated heterocycles. The molecule has 1 atom stereocenters. The van der Waals surface area contributed by atoms with Crippen LogP contribution in [0.4, 0.5) is 17.1 Å². The Kier molecular flexibility index (Phi) is 5.57. The van der Waals surface area contributed by atoms with Gasteiger partial charge in [0.1, 0.15) is 5.69 Å². The molecule has 190 valence electrons. The van der Waals surface area contributed by atoms with E-state index < -0.39 is 6.04 Å². The van der Waals surface area contributed by atoms with Gasteiger partial charge in [0.15, 0.2) is 5.78 Å². The van der Waals surface area contributed by atoms with Crippen molar-refractivity contribution in [1.29, 1.82) is 0 Å². The Labute approximate surface area is 216 Å². The van der Waals surface area contributed by atoms with Crippen molar-refractivity contribution in [1.82, 2.24) is 4.90 Å². The van der Waals surface area contributed by atoms with Gasteiger partial charge in [0.2, 0.25) is 0 Å². The number of carbonyl (C=O) groups excluding carboxylic acids is 1. The number of hydrogen-bond donors (Lipinski definition) is 1. The molecule has 37 heavy (non-hydrogen) atoms. The number of carbonyl (C=O) groups is 1. The molecule has 1 aliphatic carbocycles. The summed E-state index contributed by atoms with van der Waals surface area (Å²) in [6.07, 6.45) is 1.25. The van der Waals surface area contributed by atoms with Crippen molar-refractivity contribution in [3.05, 3.63) is 81.4 Å². The molecule has 0 saturated carbocycles. The minimum Gasteiger partial charge on any atom is -0.373 e. The van der Waals surface area contributed by atoms with E-state index >= 15 is 0 Å². The lowest BCUT2D eigenvalue weighted by atomic mass is 9.68. The Hall–Kier alpha value is -3.71. The predicted octanol–water partition coefficient (Wildman–Crippen LogP) is 5.81. The maximum atomic E-state index is 13.7. The lowest BCUT2D eigenvalue weighted by Gasteiger charge is -2.40. The van der Waals surface area contributed by atoms with Crippen LogP contribution < -0.4 is 10.2 Å². The Bertz CT molecular complexity index is 1470. The summed E-state index contributed by atoms with van der Waals surface area (Å²) in [7, 11) is 2.07. The number of hydrogen-bond acceptors (Lipinski definition) is 6. The molecule has 2 heterocycles. The molecule has 3 aromatic carbocycles. The van der Waals surface area contributed by atoms with E-state index in [1.165, 1.54) is 0 Å². The first-order valence-electron chi connectivity index (χ1n) is 13.0. The van der Waals surface area contributed by atoms with Gasteiger partial charge in [-0.3, -0.25) is 14.9 Å². The highest BCUT2D eigenvalue weighted by Crippen LogP contribution is 2.52. The van der Waals surface area contributed by atoms with Crippen molar-refractivity contribution in [3.8, 4) is 0 Å². The second-order valence-corrected chi connectivity index (χ2v) is 11.4. The van der Waals surface area contributed by atoms with Crippen LogP contribution in [-0.2, 0) is 4.79 Å². The second-order valence-electron chi connectivity index (χ2n) is 11.4. The number of rotatable bonds is 3. The minimum absolute atomic E-state index is 0.0962. The minimum atomic E-state index is -0.424. The van der Waals surface area contributed by atoms with Gasteiger partial charge in [-0.2, -0.15) is 0 Å². The van der Waals surface area contributed by atoms with Crippen LogP contribution in [0.3, 0.4) is 0 Å². The quantitative estimate of drug-likeness (QED) is 0.364. The fourth-order valence-electron chi connectivity index (χ4n) is 6.27. The number of benzene rings is 3. The van der Waals surface area contributed by atoms with Gasteiger partial charge in [0.05, 0.1) is 11.0 Å². The van der Waals surface area contributed by atoms with Gasteiger partial charge < -0.3 is 15.1 Å². The number of likely N-dealkylation sites (N-methyl/N-ethyl adjacent to an activating group) is 1. The Balaban J connectivity index is 1.50. The lowest BCUT2D eigenvalue weighted by Crippen LogP contribution is -2.44. The molecule has 7 nitrogen and oxygen atoms in total. The molecule has 3 aromatic rings. The van der Waals surface area contributed by atoms with Gasteiger partial charge in [0.25, 0.3) is 5.69 Å². The number of anilines is 2. The summed E-state index contributed by atoms with van der Waals surface area (Å²) in [5, 5.41) is 18.1. The highest BCUT2D eigenvalue weighted by atomic mass is 16.6. The van der Waals surface area contributed by atoms with Crippen molar-refractivity contribution in [2.24, 2.45) is 5.41 Å². The highest BCUT2D eigenvalue weighted by Gasteiger charge is 2.41. The van der Waals surface area contributed by atoms with Gasteiger partial charge >= 0.3 is 0 Å². The third-order valence-corrected chi connectivity index (χ3v) is 8.11. The first-order valence-corrected chi connectivity index (χ1v) is 13.0. The third-order valence-electron chi connectivity index (χ3n) is 8.11. The molecule has 6 rings (SSSR count). The summed E-state index contributed by atoms with van der Waals surface area (Å²) in [6.45, 7) is 7.53. The molecule has 1 unspecified atom stereocenters. The molecule has 0 amide bonds. The number of allylic oxidation sites excluding steroid dienone is 1. The van der Waals surface area contributed by atoms with Crippen LogP contribution in [0.15, 0.2) is 60.2 Å². The number of nitrogens with one attached hydrogen (secondary N) is 1. The van der Waals surface area contributed by atoms with Crippen LogP contribution in [0.1, 0.15) is 43.9 Å². The van der Waals surface area contributed by atoms with Gasteiger partial charge in [-0.1, -0.05) is 50.2 Å². The van der Waals surface area contributed by atoms with Crippen LogP contribution in [-0.4, -0.2) is 48.8 Å². The van der Waals surface area contributed by atoms with Crippen LogP contribution in [0, 0.1) is 15.5 Å². The van der Waals surface area contributed by atoms with E-state index in [0.29, 0.717) is 12.1 Å². The Morgan fingerprint density at radius 2 is 1.76 bits per heavy atom. The van der Waals surface area contributed by atoms with Crippen LogP contribution >= 0.6 is 0 Å². The van der Waals surface area contributed by atoms with Gasteiger partial charge in [-0.05, 0) is 52.9 Å². The van der Waals surface area contributed by atoms with E-state index in [1.54, 1.807) is 6.07 Å². The van der Waals surface area contributed by atoms with Crippen LogP contribution in [0.2, 0.25) is 0 Å². The zero-order chi connectivity index (χ0) is 25.9. The van der Waals surface area contributed by atoms with E-state index in [9.17, 15) is 14.9 Å². The largest absolute Gasteiger partial charge is 0.373 e. The number of piperazine rings is 1. The molecule has 0 aromatic heterocycles. The molecule has 0 bridgehead atoms. The first-order chi connectivity index (χ1) is 17.7. The van der Waals surface area contributed by atoms with E-state index in [1.807, 2.05) is 24.3 Å². The summed E-state index contributed by atoms with van der Waals surface area (Å²) in [4.78, 5) is 29.9. The lowest BCUT2D eigenvalue weighted by molar-refractivity contribution is -0.384. The van der Waals surface area contributed by atoms with Gasteiger partial charge in [-0.25, -0.2) is 0 Å². The van der Waals surface area contributed by atoms with Crippen molar-refractivity contribution in [2.45, 2.75) is 32.7 Å². The monoisotopic (exact) mass is 496 g/mol. The fourth-order valence-corrected chi connectivity index (χ4v) is 6.27. The molecular weight excluding hydrogens is 464 g/mol. The average molecular weight is 497 g/mol. The first kappa shape index (κ1) is 23.7. The Morgan fingerprint density at radius 3 is 2.51 bits per heavy atom. The zero-order valence-corrected chi connectivity index (χ0v) is 21.6. The highest BCUT2D eigenvalue weighted by molar-refractivity contribution is 6.12. The number of nitro groups is 1. The van der Waals surface area contributed by atoms with Crippen molar-refractivity contribution < 1.29 is 9.72 Å². The molecule has 2 aliphatic heterocycles. The van der Waals surface area contributed by atoms with E-state index in [-0.39, 0.29) is 21.8 Å². The molecule has 3 aliphatic rings. The number of ketones is 1. The summed E-state index contributed by atoms with van der Waals surface area (Å²) in [6, 6.07) is 17.5. The zero-order valence-electron chi connectivity index (χ0n) is 21.6. The molecule has 7 heteroatoms. The molecular formula is C30H32N4O3. The van der Waals surface area contributed by atoms with Crippen LogP contribution in [0.5, 0.6) is 0 Å². The summed E-state index contributed by atoms with van der Waals surface area (Å²) in [5.41, 5.74) is 5.24. The third kappa shape index (κ3) is 4.07. The summed E-state index contributed by atoms with van der Waals surface area (Å²) >= 11 is 0. The second kappa shape index (κ2) is 8.70. The van der Waals surface area contributed by atoms with Crippen LogP contribution in [0.25, 0.3) is 16.3 Å². The Morgan fingerprint density at radius 1 is 1.00 bits per heavy atom. The number of Topliss-reactive ketones (excluding diaryl/α,β-unsaturated/α-hetero) is 1. The predicted molar refractivity (Wildman–Crippen MR) is 148 cm³/mol. The molecule has 1 fully saturated rings. The summed E-state index contributed by atoms with van der Waals surface area (Å²) in [5.74, 6) is 0.119. The number of nitrogens with zero attached hydrogens (tertiary/aromatic N) is 3. The smallest absolute Gasteiger partial charge is 0.292 e. The normalized spacial score (nSPS) is 21.4. The van der Waals surface area contributed by atoms with Crippen molar-refractivity contribution in [2.75, 3.05) is 43.4 Å². The average Bonchev–Trinajstić information content (AvgIpc) is 2.87. The van der Waals surface area contributed by atoms with E-state index in [4.69, 9.17) is 0 Å². The standard InChI is InChI=1S/C30H32N4O3/c1-30(2)17-22-27-21-7-5-4-6-19(21)8-10-23(27)31-29(28(22)26(35)18-30)20-9-11-24(25(16-20)34(36)37)33-14-12-32(3)13-15-33/h4-11,16,29,31H,12-15,17-18H2,1-3H3. The number of fused-ring (bicyclic) bond motifs is 4. The maximum absolute atomic E-state index is 13.7. The maximum Gasteiger partial charge on any atom is 0.292 e. The van der Waals surface area contributed by atoms with E-state index in [2.05, 4.69) is 60.3 Å². The van der Waals surface area contributed by atoms with Gasteiger partial charge in [-0.15, -0.1) is 0 Å². The molecule has 0 radical (unpaired) electrons. The topological polar surface area (TPSA) is 78.7 Å². The SMILES string of the molecule is CN1CCN(c2ccc(C3Nc4ccc5ccccc5c4C4=C3C(=O)CC(C)(C)C4)cc2[N+](=O)[O-])CC1. The van der Waals surface area contributed by atoms with Gasteiger partial charge in [0, 0.05) is 55.5 Å². The fraction of sp³-hybridized carbons (Fsp3) is 0.367. The molecule has 1 N–H and O–H groups in total. The molecule has 0 spiro atoms. The van der Waals surface area contributed by atoms with Crippen molar-refractivity contribution >= 4 is 39.2 Å². The van der Waals surface area contributed by atoms with Crippen molar-refractivity contribution in [3.63, 3.8) is 0 Å².